The number of aromatic hydroxyl groups is 1. The van der Waals surface area contributed by atoms with Gasteiger partial charge in [0.05, 0.1) is 19.4 Å². The Morgan fingerprint density at radius 2 is 1.76 bits per heavy atom. The van der Waals surface area contributed by atoms with E-state index in [4.69, 9.17) is 9.47 Å². The van der Waals surface area contributed by atoms with Gasteiger partial charge in [-0.25, -0.2) is 0 Å². The molecule has 1 atom stereocenters. The molecule has 0 aromatic heterocycles. The fraction of sp³-hybridized carbons (Fsp3) is 0.500. The van der Waals surface area contributed by atoms with Gasteiger partial charge in [0, 0.05) is 0 Å². The number of hydrogen-bond acceptors (Lipinski definition) is 5. The van der Waals surface area contributed by atoms with Gasteiger partial charge in [-0.05, 0) is 44.9 Å². The Balaban J connectivity index is 2.74. The van der Waals surface area contributed by atoms with E-state index in [1.807, 2.05) is 0 Å². The van der Waals surface area contributed by atoms with Crippen molar-refractivity contribution in [1.82, 2.24) is 0 Å². The Hall–Kier alpha value is -2.04. The second kappa shape index (κ2) is 7.11. The van der Waals surface area contributed by atoms with Crippen molar-refractivity contribution in [2.24, 2.45) is 5.92 Å². The molecule has 1 N–H and O–H groups in total. The molecule has 0 spiro atoms. The molecule has 0 radical (unpaired) electrons. The molecule has 1 aromatic carbocycles. The number of carbonyl (C=O) groups excluding carboxylic acids is 2. The van der Waals surface area contributed by atoms with Crippen molar-refractivity contribution in [3.8, 4) is 5.75 Å². The van der Waals surface area contributed by atoms with Gasteiger partial charge in [0.1, 0.15) is 11.4 Å². The lowest BCUT2D eigenvalue weighted by Crippen LogP contribution is -2.28. The van der Waals surface area contributed by atoms with Crippen LogP contribution in [-0.2, 0) is 25.5 Å². The van der Waals surface area contributed by atoms with Crippen LogP contribution in [0.3, 0.4) is 0 Å². The molecular formula is C16H22O5. The van der Waals surface area contributed by atoms with E-state index in [-0.39, 0.29) is 12.2 Å². The minimum atomic E-state index is -0.602. The number of rotatable bonds is 5. The summed E-state index contributed by atoms with van der Waals surface area (Å²) in [5.74, 6) is -1.33. The number of phenolic OH excluding ortho intramolecular Hbond substituents is 1. The van der Waals surface area contributed by atoms with Crippen LogP contribution >= 0.6 is 0 Å². The van der Waals surface area contributed by atoms with E-state index >= 15 is 0 Å². The van der Waals surface area contributed by atoms with Crippen LogP contribution in [-0.4, -0.2) is 29.8 Å². The molecule has 0 saturated heterocycles. The van der Waals surface area contributed by atoms with Gasteiger partial charge in [-0.2, -0.15) is 0 Å². The fourth-order valence-corrected chi connectivity index (χ4v) is 1.91. The Morgan fingerprint density at radius 1 is 1.19 bits per heavy atom. The maximum atomic E-state index is 11.9. The second-order valence-electron chi connectivity index (χ2n) is 5.88. The van der Waals surface area contributed by atoms with E-state index < -0.39 is 23.5 Å². The molecule has 0 aliphatic heterocycles. The summed E-state index contributed by atoms with van der Waals surface area (Å²) in [7, 11) is 1.29. The molecule has 1 rings (SSSR count). The van der Waals surface area contributed by atoms with Gasteiger partial charge in [-0.15, -0.1) is 0 Å². The van der Waals surface area contributed by atoms with Crippen molar-refractivity contribution in [1.29, 1.82) is 0 Å². The van der Waals surface area contributed by atoms with Crippen LogP contribution in [0.15, 0.2) is 24.3 Å². The van der Waals surface area contributed by atoms with Crippen molar-refractivity contribution in [2.75, 3.05) is 7.11 Å². The normalized spacial score (nSPS) is 12.6. The molecule has 0 amide bonds. The van der Waals surface area contributed by atoms with Crippen molar-refractivity contribution >= 4 is 11.9 Å². The zero-order valence-corrected chi connectivity index (χ0v) is 12.9. The van der Waals surface area contributed by atoms with Gasteiger partial charge in [0.25, 0.3) is 0 Å². The Bertz CT molecular complexity index is 484. The molecule has 0 saturated carbocycles. The van der Waals surface area contributed by atoms with Crippen LogP contribution < -0.4 is 0 Å². The van der Waals surface area contributed by atoms with Crippen molar-refractivity contribution in [3.05, 3.63) is 29.8 Å². The van der Waals surface area contributed by atoms with E-state index in [1.165, 1.54) is 19.2 Å². The van der Waals surface area contributed by atoms with E-state index in [9.17, 15) is 14.7 Å². The summed E-state index contributed by atoms with van der Waals surface area (Å²) in [6.07, 6.45) is 0.316. The highest BCUT2D eigenvalue weighted by molar-refractivity contribution is 5.80. The monoisotopic (exact) mass is 294 g/mol. The van der Waals surface area contributed by atoms with Gasteiger partial charge < -0.3 is 14.6 Å². The molecule has 5 nitrogen and oxygen atoms in total. The predicted molar refractivity (Wildman–Crippen MR) is 77.8 cm³/mol. The van der Waals surface area contributed by atoms with Crippen LogP contribution in [0, 0.1) is 5.92 Å². The highest BCUT2D eigenvalue weighted by atomic mass is 16.6. The number of phenols is 1. The summed E-state index contributed by atoms with van der Waals surface area (Å²) in [6.45, 7) is 5.33. The lowest BCUT2D eigenvalue weighted by Gasteiger charge is -2.21. The number of benzene rings is 1. The zero-order valence-electron chi connectivity index (χ0n) is 12.9. The third-order valence-corrected chi connectivity index (χ3v) is 2.79. The molecule has 0 bridgehead atoms. The molecule has 116 valence electrons. The maximum Gasteiger partial charge on any atom is 0.309 e. The van der Waals surface area contributed by atoms with Crippen LogP contribution in [0.25, 0.3) is 0 Å². The summed E-state index contributed by atoms with van der Waals surface area (Å²) in [5, 5.41) is 9.25. The van der Waals surface area contributed by atoms with Gasteiger partial charge in [-0.3, -0.25) is 9.59 Å². The lowest BCUT2D eigenvalue weighted by atomic mass is 9.96. The molecule has 0 aliphatic rings. The molecule has 0 aliphatic carbocycles. The predicted octanol–water partition coefficient (Wildman–Crippen LogP) is 2.46. The largest absolute Gasteiger partial charge is 0.508 e. The van der Waals surface area contributed by atoms with Gasteiger partial charge >= 0.3 is 11.9 Å². The number of methoxy groups -OCH3 is 1. The molecule has 5 heteroatoms. The Kier molecular flexibility index (Phi) is 5.76. The highest BCUT2D eigenvalue weighted by Crippen LogP contribution is 2.19. The first kappa shape index (κ1) is 17.0. The van der Waals surface area contributed by atoms with E-state index in [0.29, 0.717) is 6.42 Å². The summed E-state index contributed by atoms with van der Waals surface area (Å²) < 4.78 is 9.98. The second-order valence-corrected chi connectivity index (χ2v) is 5.88. The summed E-state index contributed by atoms with van der Waals surface area (Å²) in [6, 6.07) is 6.50. The van der Waals surface area contributed by atoms with Gasteiger partial charge in [0.15, 0.2) is 0 Å². The van der Waals surface area contributed by atoms with Gasteiger partial charge in [-0.1, -0.05) is 12.1 Å². The molecule has 1 unspecified atom stereocenters. The van der Waals surface area contributed by atoms with Crippen LogP contribution in [0.2, 0.25) is 0 Å². The summed E-state index contributed by atoms with van der Waals surface area (Å²) >= 11 is 0. The number of esters is 2. The smallest absolute Gasteiger partial charge is 0.309 e. The third kappa shape index (κ3) is 6.29. The number of carbonyl (C=O) groups is 2. The molecule has 0 fully saturated rings. The molecule has 1 aromatic rings. The van der Waals surface area contributed by atoms with Crippen molar-refractivity contribution in [3.63, 3.8) is 0 Å². The van der Waals surface area contributed by atoms with Gasteiger partial charge in [0.2, 0.25) is 0 Å². The minimum Gasteiger partial charge on any atom is -0.508 e. The fourth-order valence-electron chi connectivity index (χ4n) is 1.91. The average molecular weight is 294 g/mol. The van der Waals surface area contributed by atoms with Crippen molar-refractivity contribution in [2.45, 2.75) is 39.2 Å². The zero-order chi connectivity index (χ0) is 16.0. The highest BCUT2D eigenvalue weighted by Gasteiger charge is 2.26. The Labute approximate surface area is 124 Å². The SMILES string of the molecule is COC(=O)C(CC(=O)OC(C)(C)C)Cc1ccc(O)cc1. The van der Waals surface area contributed by atoms with Crippen LogP contribution in [0.5, 0.6) is 5.75 Å². The first-order valence-corrected chi connectivity index (χ1v) is 6.79. The number of ether oxygens (including phenoxy) is 2. The standard InChI is InChI=1S/C16H22O5/c1-16(2,3)21-14(18)10-12(15(19)20-4)9-11-5-7-13(17)8-6-11/h5-8,12,17H,9-10H2,1-4H3. The van der Waals surface area contributed by atoms with Crippen LogP contribution in [0.1, 0.15) is 32.8 Å². The number of hydrogen-bond donors (Lipinski definition) is 1. The van der Waals surface area contributed by atoms with E-state index in [2.05, 4.69) is 0 Å². The topological polar surface area (TPSA) is 72.8 Å². The first-order chi connectivity index (χ1) is 9.71. The minimum absolute atomic E-state index is 0.0369. The quantitative estimate of drug-likeness (QED) is 0.844. The van der Waals surface area contributed by atoms with E-state index in [1.54, 1.807) is 32.9 Å². The third-order valence-electron chi connectivity index (χ3n) is 2.79. The van der Waals surface area contributed by atoms with E-state index in [0.717, 1.165) is 5.56 Å². The lowest BCUT2D eigenvalue weighted by molar-refractivity contribution is -0.160. The molecule has 0 heterocycles. The summed E-state index contributed by atoms with van der Waals surface area (Å²) in [5.41, 5.74) is 0.253. The Morgan fingerprint density at radius 3 is 2.24 bits per heavy atom. The van der Waals surface area contributed by atoms with Crippen LogP contribution in [0.4, 0.5) is 0 Å². The first-order valence-electron chi connectivity index (χ1n) is 6.79. The average Bonchev–Trinajstić information content (AvgIpc) is 2.37. The summed E-state index contributed by atoms with van der Waals surface area (Å²) in [4.78, 5) is 23.7. The molecular weight excluding hydrogens is 272 g/mol. The van der Waals surface area contributed by atoms with Crippen molar-refractivity contribution < 1.29 is 24.2 Å². The molecule has 21 heavy (non-hydrogen) atoms. The maximum absolute atomic E-state index is 11.9.